The van der Waals surface area contributed by atoms with Gasteiger partial charge in [-0.3, -0.25) is 9.59 Å². The van der Waals surface area contributed by atoms with Crippen molar-refractivity contribution in [2.45, 2.75) is 18.9 Å². The van der Waals surface area contributed by atoms with Crippen LogP contribution in [0.4, 0.5) is 10.1 Å². The smallest absolute Gasteiger partial charge is 0.254 e. The molecule has 0 saturated carbocycles. The van der Waals surface area contributed by atoms with Crippen molar-refractivity contribution in [3.8, 4) is 0 Å². The maximum atomic E-state index is 14.1. The minimum Gasteiger partial charge on any atom is -0.383 e. The fourth-order valence-electron chi connectivity index (χ4n) is 4.32. The number of halogens is 1. The molecule has 2 aromatic carbocycles. The zero-order valence-corrected chi connectivity index (χ0v) is 18.8. The second-order valence-electron chi connectivity index (χ2n) is 7.58. The third-order valence-electron chi connectivity index (χ3n) is 5.80. The molecule has 0 fully saturated rings. The number of carbonyl (C=O) groups excluding carboxylic acids is 2. The molecule has 1 aliphatic rings. The average Bonchev–Trinajstić information content (AvgIpc) is 3.34. The number of hydrogen-bond acceptors (Lipinski definition) is 4. The highest BCUT2D eigenvalue weighted by atomic mass is 32.1. The largest absolute Gasteiger partial charge is 0.383 e. The van der Waals surface area contributed by atoms with Crippen LogP contribution in [0.2, 0.25) is 0 Å². The molecule has 0 bridgehead atoms. The topological polar surface area (TPSA) is 49.9 Å². The van der Waals surface area contributed by atoms with E-state index in [4.69, 9.17) is 4.74 Å². The van der Waals surface area contributed by atoms with Crippen LogP contribution in [-0.2, 0) is 9.53 Å². The van der Waals surface area contributed by atoms with Crippen molar-refractivity contribution in [2.24, 2.45) is 0 Å². The van der Waals surface area contributed by atoms with E-state index in [0.29, 0.717) is 30.9 Å². The van der Waals surface area contributed by atoms with E-state index >= 15 is 0 Å². The Labute approximate surface area is 191 Å². The minimum absolute atomic E-state index is 0.107. The maximum Gasteiger partial charge on any atom is 0.254 e. The summed E-state index contributed by atoms with van der Waals surface area (Å²) in [5, 5.41) is 1.95. The van der Waals surface area contributed by atoms with Gasteiger partial charge >= 0.3 is 0 Å². The number of nitrogens with zero attached hydrogens (tertiary/aromatic N) is 2. The zero-order chi connectivity index (χ0) is 22.7. The van der Waals surface area contributed by atoms with E-state index in [-0.39, 0.29) is 17.6 Å². The van der Waals surface area contributed by atoms with Gasteiger partial charge in [-0.15, -0.1) is 11.3 Å². The number of fused-ring (bicyclic) bond motifs is 1. The van der Waals surface area contributed by atoms with E-state index in [1.54, 1.807) is 35.1 Å². The fraction of sp³-hybridized carbons (Fsp3) is 0.280. The third kappa shape index (κ3) is 4.06. The van der Waals surface area contributed by atoms with E-state index < -0.39 is 12.0 Å². The Morgan fingerprint density at radius 1 is 1.12 bits per heavy atom. The van der Waals surface area contributed by atoms with Gasteiger partial charge in [0.1, 0.15) is 5.82 Å². The van der Waals surface area contributed by atoms with Gasteiger partial charge < -0.3 is 14.5 Å². The molecule has 3 aromatic rings. The van der Waals surface area contributed by atoms with Crippen molar-refractivity contribution < 1.29 is 18.7 Å². The summed E-state index contributed by atoms with van der Waals surface area (Å²) in [4.78, 5) is 31.9. The SMILES string of the molecule is CCN(C(=O)[C@@H]1c2ccccc2C(=O)N(CCOC)[C@@H]1c1cccs1)c1ccc(F)cc1. The van der Waals surface area contributed by atoms with Crippen LogP contribution in [0.5, 0.6) is 0 Å². The number of likely N-dealkylation sites (N-methyl/N-ethyl adjacent to an activating group) is 1. The highest BCUT2D eigenvalue weighted by molar-refractivity contribution is 7.10. The van der Waals surface area contributed by atoms with E-state index in [0.717, 1.165) is 10.4 Å². The van der Waals surface area contributed by atoms with Gasteiger partial charge in [-0.2, -0.15) is 0 Å². The summed E-state index contributed by atoms with van der Waals surface area (Å²) in [6, 6.07) is 16.7. The number of rotatable bonds is 7. The lowest BCUT2D eigenvalue weighted by atomic mass is 9.81. The third-order valence-corrected chi connectivity index (χ3v) is 6.74. The summed E-state index contributed by atoms with van der Waals surface area (Å²) in [7, 11) is 1.60. The van der Waals surface area contributed by atoms with Crippen LogP contribution in [-0.4, -0.2) is 43.5 Å². The number of hydrogen-bond donors (Lipinski definition) is 0. The van der Waals surface area contributed by atoms with Crippen molar-refractivity contribution in [1.82, 2.24) is 4.90 Å². The predicted molar refractivity (Wildman–Crippen MR) is 124 cm³/mol. The Hall–Kier alpha value is -3.03. The lowest BCUT2D eigenvalue weighted by Crippen LogP contribution is -2.49. The monoisotopic (exact) mass is 452 g/mol. The molecule has 0 radical (unpaired) electrons. The summed E-state index contributed by atoms with van der Waals surface area (Å²) in [6.45, 7) is 3.06. The predicted octanol–water partition coefficient (Wildman–Crippen LogP) is 4.87. The molecular weight excluding hydrogens is 427 g/mol. The summed E-state index contributed by atoms with van der Waals surface area (Å²) < 4.78 is 18.8. The molecule has 0 saturated heterocycles. The summed E-state index contributed by atoms with van der Waals surface area (Å²) >= 11 is 1.53. The lowest BCUT2D eigenvalue weighted by Gasteiger charge is -2.42. The number of amides is 2. The Morgan fingerprint density at radius 3 is 2.53 bits per heavy atom. The van der Waals surface area contributed by atoms with Gasteiger partial charge in [0.05, 0.1) is 18.6 Å². The molecule has 2 atom stereocenters. The summed E-state index contributed by atoms with van der Waals surface area (Å²) in [5.41, 5.74) is 1.88. The van der Waals surface area contributed by atoms with Crippen molar-refractivity contribution in [1.29, 1.82) is 0 Å². The molecule has 1 aliphatic heterocycles. The minimum atomic E-state index is -0.593. The van der Waals surface area contributed by atoms with Gasteiger partial charge in [-0.1, -0.05) is 24.3 Å². The van der Waals surface area contributed by atoms with Crippen molar-refractivity contribution >= 4 is 28.8 Å². The summed E-state index contributed by atoms with van der Waals surface area (Å²) in [6.07, 6.45) is 0. The van der Waals surface area contributed by atoms with Crippen LogP contribution in [0.3, 0.4) is 0 Å². The molecule has 2 heterocycles. The van der Waals surface area contributed by atoms with Crippen molar-refractivity contribution in [3.63, 3.8) is 0 Å². The lowest BCUT2D eigenvalue weighted by molar-refractivity contribution is -0.121. The van der Waals surface area contributed by atoms with Crippen molar-refractivity contribution in [3.05, 3.63) is 87.9 Å². The number of methoxy groups -OCH3 is 1. The first-order chi connectivity index (χ1) is 15.6. The molecule has 0 spiro atoms. The number of ether oxygens (including phenoxy) is 1. The molecule has 7 heteroatoms. The first-order valence-corrected chi connectivity index (χ1v) is 11.4. The highest BCUT2D eigenvalue weighted by Gasteiger charge is 2.45. The molecule has 0 unspecified atom stereocenters. The van der Waals surface area contributed by atoms with Crippen LogP contribution >= 0.6 is 11.3 Å². The molecule has 1 aromatic heterocycles. The standard InChI is InChI=1S/C25H25FN2O3S/c1-3-27(18-12-10-17(26)11-13-18)25(30)22-19-7-4-5-8-20(19)24(29)28(14-15-31-2)23(22)21-9-6-16-32-21/h4-13,16,22-23H,3,14-15H2,1-2H3/t22-,23-/m1/s1. The first kappa shape index (κ1) is 22.2. The second kappa shape index (κ2) is 9.63. The van der Waals surface area contributed by atoms with Gasteiger partial charge in [-0.25, -0.2) is 4.39 Å². The van der Waals surface area contributed by atoms with Gasteiger partial charge in [-0.05, 0) is 54.3 Å². The quantitative estimate of drug-likeness (QED) is 0.514. The number of carbonyl (C=O) groups is 2. The zero-order valence-electron chi connectivity index (χ0n) is 18.0. The van der Waals surface area contributed by atoms with Crippen LogP contribution in [0.15, 0.2) is 66.0 Å². The maximum absolute atomic E-state index is 14.1. The molecule has 166 valence electrons. The van der Waals surface area contributed by atoms with Crippen LogP contribution in [0, 0.1) is 5.82 Å². The average molecular weight is 453 g/mol. The van der Waals surface area contributed by atoms with Gasteiger partial charge in [0, 0.05) is 36.3 Å². The van der Waals surface area contributed by atoms with Crippen LogP contribution in [0.1, 0.15) is 39.7 Å². The molecule has 0 aliphatic carbocycles. The highest BCUT2D eigenvalue weighted by Crippen LogP contribution is 2.45. The molecule has 4 rings (SSSR count). The van der Waals surface area contributed by atoms with Gasteiger partial charge in [0.15, 0.2) is 0 Å². The molecule has 2 amide bonds. The number of anilines is 1. The normalized spacial score (nSPS) is 17.8. The van der Waals surface area contributed by atoms with E-state index in [2.05, 4.69) is 0 Å². The molecule has 0 N–H and O–H groups in total. The van der Waals surface area contributed by atoms with Gasteiger partial charge in [0.25, 0.3) is 5.91 Å². The number of benzene rings is 2. The van der Waals surface area contributed by atoms with E-state index in [1.807, 2.05) is 42.6 Å². The Balaban J connectivity index is 1.85. The van der Waals surface area contributed by atoms with E-state index in [9.17, 15) is 14.0 Å². The Morgan fingerprint density at radius 2 is 1.88 bits per heavy atom. The molecule has 32 heavy (non-hydrogen) atoms. The molecular formula is C25H25FN2O3S. The van der Waals surface area contributed by atoms with Gasteiger partial charge in [0.2, 0.25) is 5.91 Å². The molecule has 5 nitrogen and oxygen atoms in total. The Bertz CT molecular complexity index is 1080. The van der Waals surface area contributed by atoms with Crippen molar-refractivity contribution in [2.75, 3.05) is 31.7 Å². The fourth-order valence-corrected chi connectivity index (χ4v) is 5.20. The summed E-state index contributed by atoms with van der Waals surface area (Å²) in [5.74, 6) is -1.18. The van der Waals surface area contributed by atoms with Crippen LogP contribution < -0.4 is 4.90 Å². The van der Waals surface area contributed by atoms with Crippen LogP contribution in [0.25, 0.3) is 0 Å². The first-order valence-electron chi connectivity index (χ1n) is 10.6. The van der Waals surface area contributed by atoms with E-state index in [1.165, 1.54) is 23.5 Å². The number of thiophene rings is 1. The Kier molecular flexibility index (Phi) is 6.67. The second-order valence-corrected chi connectivity index (χ2v) is 8.55.